The van der Waals surface area contributed by atoms with Gasteiger partial charge in [-0.1, -0.05) is 24.3 Å². The molecule has 3 unspecified atom stereocenters. The first kappa shape index (κ1) is 17.4. The monoisotopic (exact) mass is 321 g/mol. The largest absolute Gasteiger partial charge is 0.496 e. The SMILES string of the molecule is COc1ccccc1C(C)NC(C)C(O)c1ccc(F)c(F)c1. The van der Waals surface area contributed by atoms with Gasteiger partial charge < -0.3 is 15.2 Å². The number of halogens is 2. The average Bonchev–Trinajstić information content (AvgIpc) is 2.56. The number of hydrogen-bond acceptors (Lipinski definition) is 3. The topological polar surface area (TPSA) is 41.5 Å². The summed E-state index contributed by atoms with van der Waals surface area (Å²) < 4.78 is 31.6. The van der Waals surface area contributed by atoms with Crippen LogP contribution in [0.3, 0.4) is 0 Å². The number of aliphatic hydroxyl groups excluding tert-OH is 1. The van der Waals surface area contributed by atoms with Crippen molar-refractivity contribution in [2.24, 2.45) is 0 Å². The molecule has 0 bridgehead atoms. The van der Waals surface area contributed by atoms with E-state index in [-0.39, 0.29) is 12.1 Å². The summed E-state index contributed by atoms with van der Waals surface area (Å²) in [5.74, 6) is -1.14. The zero-order valence-electron chi connectivity index (χ0n) is 13.4. The third-order valence-corrected chi connectivity index (χ3v) is 3.88. The predicted octanol–water partition coefficient (Wildman–Crippen LogP) is 3.75. The number of hydrogen-bond donors (Lipinski definition) is 2. The van der Waals surface area contributed by atoms with Crippen LogP contribution in [0.25, 0.3) is 0 Å². The van der Waals surface area contributed by atoms with Crippen LogP contribution >= 0.6 is 0 Å². The van der Waals surface area contributed by atoms with Gasteiger partial charge in [0.1, 0.15) is 5.75 Å². The van der Waals surface area contributed by atoms with Crippen LogP contribution < -0.4 is 10.1 Å². The highest BCUT2D eigenvalue weighted by atomic mass is 19.2. The van der Waals surface area contributed by atoms with E-state index in [0.29, 0.717) is 5.56 Å². The Morgan fingerprint density at radius 3 is 2.39 bits per heavy atom. The number of benzene rings is 2. The Bertz CT molecular complexity index is 663. The quantitative estimate of drug-likeness (QED) is 0.851. The Balaban J connectivity index is 2.10. The molecule has 0 heterocycles. The fourth-order valence-electron chi connectivity index (χ4n) is 2.58. The van der Waals surface area contributed by atoms with Gasteiger partial charge >= 0.3 is 0 Å². The third kappa shape index (κ3) is 4.06. The van der Waals surface area contributed by atoms with Gasteiger partial charge in [-0.2, -0.15) is 0 Å². The molecule has 0 spiro atoms. The van der Waals surface area contributed by atoms with Gasteiger partial charge in [-0.15, -0.1) is 0 Å². The summed E-state index contributed by atoms with van der Waals surface area (Å²) in [6, 6.07) is 10.6. The standard InChI is InChI=1S/C18H21F2NO2/c1-11(14-6-4-5-7-17(14)23-3)21-12(2)18(22)13-8-9-15(19)16(20)10-13/h4-12,18,21-22H,1-3H3. The minimum atomic E-state index is -0.966. The van der Waals surface area contributed by atoms with E-state index in [0.717, 1.165) is 23.4 Å². The predicted molar refractivity (Wildman–Crippen MR) is 85.3 cm³/mol. The van der Waals surface area contributed by atoms with E-state index in [4.69, 9.17) is 4.74 Å². The number of methoxy groups -OCH3 is 1. The molecule has 2 rings (SSSR count). The molecule has 0 aliphatic rings. The molecular weight excluding hydrogens is 300 g/mol. The molecule has 5 heteroatoms. The van der Waals surface area contributed by atoms with Crippen LogP contribution in [-0.2, 0) is 0 Å². The lowest BCUT2D eigenvalue weighted by Crippen LogP contribution is -2.34. The van der Waals surface area contributed by atoms with Crippen molar-refractivity contribution in [3.63, 3.8) is 0 Å². The molecule has 0 aliphatic carbocycles. The van der Waals surface area contributed by atoms with Gasteiger partial charge in [-0.3, -0.25) is 0 Å². The number of ether oxygens (including phenoxy) is 1. The van der Waals surface area contributed by atoms with E-state index >= 15 is 0 Å². The van der Waals surface area contributed by atoms with E-state index in [1.807, 2.05) is 31.2 Å². The molecule has 0 fully saturated rings. The number of rotatable bonds is 6. The van der Waals surface area contributed by atoms with E-state index < -0.39 is 17.7 Å². The van der Waals surface area contributed by atoms with Crippen LogP contribution in [0.15, 0.2) is 42.5 Å². The molecule has 0 radical (unpaired) electrons. The summed E-state index contributed by atoms with van der Waals surface area (Å²) in [4.78, 5) is 0. The van der Waals surface area contributed by atoms with Crippen molar-refractivity contribution in [2.75, 3.05) is 7.11 Å². The highest BCUT2D eigenvalue weighted by Crippen LogP contribution is 2.27. The zero-order chi connectivity index (χ0) is 17.0. The van der Waals surface area contributed by atoms with Gasteiger partial charge in [0.15, 0.2) is 11.6 Å². The Hall–Kier alpha value is -1.98. The maximum absolute atomic E-state index is 13.3. The van der Waals surface area contributed by atoms with Crippen LogP contribution in [-0.4, -0.2) is 18.3 Å². The van der Waals surface area contributed by atoms with Gasteiger partial charge in [0.25, 0.3) is 0 Å². The van der Waals surface area contributed by atoms with Crippen LogP contribution in [0, 0.1) is 11.6 Å². The molecule has 0 amide bonds. The van der Waals surface area contributed by atoms with E-state index in [9.17, 15) is 13.9 Å². The molecule has 2 aromatic rings. The highest BCUT2D eigenvalue weighted by Gasteiger charge is 2.21. The number of aliphatic hydroxyl groups is 1. The molecule has 0 saturated heterocycles. The van der Waals surface area contributed by atoms with Crippen molar-refractivity contribution in [3.8, 4) is 5.75 Å². The summed E-state index contributed by atoms with van der Waals surface area (Å²) in [7, 11) is 1.60. The van der Waals surface area contributed by atoms with Gasteiger partial charge in [0.05, 0.1) is 13.2 Å². The smallest absolute Gasteiger partial charge is 0.159 e. The molecular formula is C18H21F2NO2. The molecule has 3 nitrogen and oxygen atoms in total. The third-order valence-electron chi connectivity index (χ3n) is 3.88. The zero-order valence-corrected chi connectivity index (χ0v) is 13.4. The summed E-state index contributed by atoms with van der Waals surface area (Å²) in [6.07, 6.45) is -0.956. The van der Waals surface area contributed by atoms with Gasteiger partial charge in [-0.05, 0) is 37.6 Å². The number of nitrogens with one attached hydrogen (secondary N) is 1. The second-order valence-corrected chi connectivity index (χ2v) is 5.54. The lowest BCUT2D eigenvalue weighted by atomic mass is 10.0. The number of para-hydroxylation sites is 1. The van der Waals surface area contributed by atoms with Crippen molar-refractivity contribution in [2.45, 2.75) is 32.0 Å². The molecule has 23 heavy (non-hydrogen) atoms. The lowest BCUT2D eigenvalue weighted by molar-refractivity contribution is 0.130. The normalized spacial score (nSPS) is 15.0. The Morgan fingerprint density at radius 1 is 1.04 bits per heavy atom. The van der Waals surface area contributed by atoms with Crippen LogP contribution in [0.1, 0.15) is 37.1 Å². The van der Waals surface area contributed by atoms with Gasteiger partial charge in [0, 0.05) is 17.6 Å². The Kier molecular flexibility index (Phi) is 5.69. The summed E-state index contributed by atoms with van der Waals surface area (Å²) in [5.41, 5.74) is 1.29. The second-order valence-electron chi connectivity index (χ2n) is 5.54. The molecule has 0 aliphatic heterocycles. The van der Waals surface area contributed by atoms with Crippen LogP contribution in [0.2, 0.25) is 0 Å². The molecule has 3 atom stereocenters. The van der Waals surface area contributed by atoms with E-state index in [1.54, 1.807) is 14.0 Å². The van der Waals surface area contributed by atoms with Gasteiger partial charge in [0.2, 0.25) is 0 Å². The van der Waals surface area contributed by atoms with E-state index in [1.165, 1.54) is 6.07 Å². The first-order chi connectivity index (χ1) is 10.9. The Morgan fingerprint density at radius 2 is 1.74 bits per heavy atom. The minimum Gasteiger partial charge on any atom is -0.496 e. The summed E-state index contributed by atoms with van der Waals surface area (Å²) in [5, 5.41) is 13.6. The van der Waals surface area contributed by atoms with Gasteiger partial charge in [-0.25, -0.2) is 8.78 Å². The first-order valence-corrected chi connectivity index (χ1v) is 7.46. The minimum absolute atomic E-state index is 0.0823. The average molecular weight is 321 g/mol. The molecule has 0 saturated carbocycles. The van der Waals surface area contributed by atoms with Crippen molar-refractivity contribution in [1.29, 1.82) is 0 Å². The summed E-state index contributed by atoms with van der Waals surface area (Å²) in [6.45, 7) is 3.74. The fraction of sp³-hybridized carbons (Fsp3) is 0.333. The van der Waals surface area contributed by atoms with Crippen molar-refractivity contribution >= 4 is 0 Å². The fourth-order valence-corrected chi connectivity index (χ4v) is 2.58. The maximum Gasteiger partial charge on any atom is 0.159 e. The molecule has 2 N–H and O–H groups in total. The molecule has 2 aromatic carbocycles. The van der Waals surface area contributed by atoms with Crippen LogP contribution in [0.5, 0.6) is 5.75 Å². The summed E-state index contributed by atoms with van der Waals surface area (Å²) >= 11 is 0. The second kappa shape index (κ2) is 7.53. The maximum atomic E-state index is 13.3. The van der Waals surface area contributed by atoms with Crippen molar-refractivity contribution in [3.05, 3.63) is 65.2 Å². The van der Waals surface area contributed by atoms with Crippen molar-refractivity contribution < 1.29 is 18.6 Å². The van der Waals surface area contributed by atoms with Crippen LogP contribution in [0.4, 0.5) is 8.78 Å². The first-order valence-electron chi connectivity index (χ1n) is 7.46. The lowest BCUT2D eigenvalue weighted by Gasteiger charge is -2.26. The molecule has 0 aromatic heterocycles. The van der Waals surface area contributed by atoms with Crippen molar-refractivity contribution in [1.82, 2.24) is 5.32 Å². The molecule has 124 valence electrons. The Labute approximate surface area is 134 Å². The van der Waals surface area contributed by atoms with E-state index in [2.05, 4.69) is 5.32 Å². The highest BCUT2D eigenvalue weighted by molar-refractivity contribution is 5.35.